The normalized spacial score (nSPS) is 16.6. The van der Waals surface area contributed by atoms with Crippen LogP contribution in [0.3, 0.4) is 0 Å². The van der Waals surface area contributed by atoms with E-state index in [4.69, 9.17) is 4.52 Å². The third kappa shape index (κ3) is 1.82. The Kier molecular flexibility index (Phi) is 2.21. The van der Waals surface area contributed by atoms with Crippen LogP contribution in [0, 0.1) is 0 Å². The molecule has 88 valence electrons. The van der Waals surface area contributed by atoms with E-state index in [1.165, 1.54) is 16.8 Å². The highest BCUT2D eigenvalue weighted by Crippen LogP contribution is 2.36. The number of nitrogens with one attached hydrogen (secondary N) is 1. The largest absolute Gasteiger partial charge is 0.384 e. The average molecular weight is 228 g/mol. The molecule has 1 aromatic heterocycles. The van der Waals surface area contributed by atoms with E-state index in [0.717, 1.165) is 18.5 Å². The van der Waals surface area contributed by atoms with E-state index >= 15 is 0 Å². The van der Waals surface area contributed by atoms with Crippen molar-refractivity contribution in [3.63, 3.8) is 0 Å². The molecule has 1 N–H and O–H groups in total. The number of rotatable bonds is 2. The molecular formula is C14H16N2O. The minimum atomic E-state index is 0.222. The standard InChI is InChI=1S/C14H16N2O/c1-14(2)9-15-13-4-3-10(6-12(13)14)5-11-7-16-17-8-11/h3-4,6-8,15H,5,9H2,1-2H3. The first kappa shape index (κ1) is 10.4. The van der Waals surface area contributed by atoms with Crippen LogP contribution in [0.2, 0.25) is 0 Å². The lowest BCUT2D eigenvalue weighted by Gasteiger charge is -2.17. The molecule has 0 amide bonds. The van der Waals surface area contributed by atoms with Gasteiger partial charge in [-0.25, -0.2) is 0 Å². The van der Waals surface area contributed by atoms with Crippen molar-refractivity contribution in [3.8, 4) is 0 Å². The summed E-state index contributed by atoms with van der Waals surface area (Å²) in [5.41, 5.74) is 5.33. The van der Waals surface area contributed by atoms with Gasteiger partial charge in [0.1, 0.15) is 6.26 Å². The molecule has 3 heteroatoms. The molecular weight excluding hydrogens is 212 g/mol. The van der Waals surface area contributed by atoms with E-state index in [2.05, 4.69) is 42.5 Å². The first-order valence-electron chi connectivity index (χ1n) is 5.91. The molecule has 0 radical (unpaired) electrons. The van der Waals surface area contributed by atoms with Crippen LogP contribution in [-0.2, 0) is 11.8 Å². The number of hydrogen-bond donors (Lipinski definition) is 1. The second-order valence-electron chi connectivity index (χ2n) is 5.33. The van der Waals surface area contributed by atoms with Crippen molar-refractivity contribution >= 4 is 5.69 Å². The number of benzene rings is 1. The molecule has 0 spiro atoms. The second kappa shape index (κ2) is 3.62. The van der Waals surface area contributed by atoms with Crippen molar-refractivity contribution in [1.29, 1.82) is 0 Å². The van der Waals surface area contributed by atoms with Gasteiger partial charge in [0.15, 0.2) is 0 Å². The molecule has 2 heterocycles. The molecule has 1 aliphatic heterocycles. The highest BCUT2D eigenvalue weighted by Gasteiger charge is 2.29. The fourth-order valence-electron chi connectivity index (χ4n) is 2.38. The number of anilines is 1. The van der Waals surface area contributed by atoms with Gasteiger partial charge in [-0.1, -0.05) is 31.1 Å². The summed E-state index contributed by atoms with van der Waals surface area (Å²) in [6, 6.07) is 6.63. The summed E-state index contributed by atoms with van der Waals surface area (Å²) in [5, 5.41) is 7.18. The summed E-state index contributed by atoms with van der Waals surface area (Å²) in [6.07, 6.45) is 4.36. The van der Waals surface area contributed by atoms with Crippen LogP contribution >= 0.6 is 0 Å². The van der Waals surface area contributed by atoms with Gasteiger partial charge in [0.2, 0.25) is 0 Å². The molecule has 0 atom stereocenters. The topological polar surface area (TPSA) is 38.1 Å². The van der Waals surface area contributed by atoms with E-state index in [0.29, 0.717) is 0 Å². The zero-order chi connectivity index (χ0) is 11.9. The SMILES string of the molecule is CC1(C)CNc2ccc(Cc3cnoc3)cc21. The van der Waals surface area contributed by atoms with Crippen molar-refractivity contribution in [2.45, 2.75) is 25.7 Å². The van der Waals surface area contributed by atoms with Crippen LogP contribution in [-0.4, -0.2) is 11.7 Å². The summed E-state index contributed by atoms with van der Waals surface area (Å²) in [5.74, 6) is 0. The molecule has 3 nitrogen and oxygen atoms in total. The van der Waals surface area contributed by atoms with E-state index in [1.807, 2.05) is 0 Å². The van der Waals surface area contributed by atoms with Gasteiger partial charge < -0.3 is 9.84 Å². The second-order valence-corrected chi connectivity index (χ2v) is 5.33. The summed E-state index contributed by atoms with van der Waals surface area (Å²) >= 11 is 0. The van der Waals surface area contributed by atoms with Crippen molar-refractivity contribution in [3.05, 3.63) is 47.3 Å². The quantitative estimate of drug-likeness (QED) is 0.858. The van der Waals surface area contributed by atoms with Gasteiger partial charge in [0.25, 0.3) is 0 Å². The Balaban J connectivity index is 1.93. The Bertz CT molecular complexity index is 529. The van der Waals surface area contributed by atoms with Crippen LogP contribution in [0.4, 0.5) is 5.69 Å². The summed E-state index contributed by atoms with van der Waals surface area (Å²) in [6.45, 7) is 5.56. The van der Waals surface area contributed by atoms with Crippen molar-refractivity contribution < 1.29 is 4.52 Å². The Morgan fingerprint density at radius 3 is 3.00 bits per heavy atom. The molecule has 17 heavy (non-hydrogen) atoms. The molecule has 0 fully saturated rings. The first-order chi connectivity index (χ1) is 8.15. The minimum absolute atomic E-state index is 0.222. The lowest BCUT2D eigenvalue weighted by molar-refractivity contribution is 0.419. The maximum atomic E-state index is 4.86. The molecule has 1 aliphatic rings. The summed E-state index contributed by atoms with van der Waals surface area (Å²) < 4.78 is 4.86. The highest BCUT2D eigenvalue weighted by molar-refractivity contribution is 5.61. The van der Waals surface area contributed by atoms with Crippen LogP contribution in [0.1, 0.15) is 30.5 Å². The maximum Gasteiger partial charge on any atom is 0.127 e. The van der Waals surface area contributed by atoms with E-state index in [-0.39, 0.29) is 5.41 Å². The van der Waals surface area contributed by atoms with Gasteiger partial charge in [-0.3, -0.25) is 0 Å². The fraction of sp³-hybridized carbons (Fsp3) is 0.357. The van der Waals surface area contributed by atoms with Gasteiger partial charge >= 0.3 is 0 Å². The minimum Gasteiger partial charge on any atom is -0.384 e. The van der Waals surface area contributed by atoms with Crippen LogP contribution in [0.5, 0.6) is 0 Å². The van der Waals surface area contributed by atoms with E-state index < -0.39 is 0 Å². The fourth-order valence-corrected chi connectivity index (χ4v) is 2.38. The monoisotopic (exact) mass is 228 g/mol. The lowest BCUT2D eigenvalue weighted by atomic mass is 9.85. The lowest BCUT2D eigenvalue weighted by Crippen LogP contribution is -2.19. The number of aromatic nitrogens is 1. The maximum absolute atomic E-state index is 4.86. The molecule has 0 unspecified atom stereocenters. The Labute approximate surface area is 101 Å². The smallest absolute Gasteiger partial charge is 0.127 e. The van der Waals surface area contributed by atoms with Crippen molar-refractivity contribution in [2.75, 3.05) is 11.9 Å². The molecule has 0 saturated heterocycles. The molecule has 2 aromatic rings. The molecule has 0 bridgehead atoms. The molecule has 3 rings (SSSR count). The Morgan fingerprint density at radius 2 is 2.24 bits per heavy atom. The number of hydrogen-bond acceptors (Lipinski definition) is 3. The van der Waals surface area contributed by atoms with Gasteiger partial charge in [0, 0.05) is 29.6 Å². The van der Waals surface area contributed by atoms with Crippen LogP contribution in [0.25, 0.3) is 0 Å². The van der Waals surface area contributed by atoms with Crippen molar-refractivity contribution in [2.24, 2.45) is 0 Å². The van der Waals surface area contributed by atoms with Crippen LogP contribution in [0.15, 0.2) is 35.2 Å². The summed E-state index contributed by atoms with van der Waals surface area (Å²) in [4.78, 5) is 0. The number of fused-ring (bicyclic) bond motifs is 1. The van der Waals surface area contributed by atoms with Gasteiger partial charge in [0.05, 0.1) is 6.20 Å². The van der Waals surface area contributed by atoms with Crippen molar-refractivity contribution in [1.82, 2.24) is 5.16 Å². The molecule has 0 saturated carbocycles. The predicted octanol–water partition coefficient (Wildman–Crippen LogP) is 2.97. The molecule has 1 aromatic carbocycles. The Morgan fingerprint density at radius 1 is 1.35 bits per heavy atom. The zero-order valence-corrected chi connectivity index (χ0v) is 10.2. The van der Waals surface area contributed by atoms with Crippen LogP contribution < -0.4 is 5.32 Å². The van der Waals surface area contributed by atoms with Gasteiger partial charge in [-0.2, -0.15) is 0 Å². The zero-order valence-electron chi connectivity index (χ0n) is 10.2. The third-order valence-electron chi connectivity index (χ3n) is 3.43. The molecule has 0 aliphatic carbocycles. The number of nitrogens with zero attached hydrogens (tertiary/aromatic N) is 1. The predicted molar refractivity (Wildman–Crippen MR) is 67.3 cm³/mol. The van der Waals surface area contributed by atoms with E-state index in [9.17, 15) is 0 Å². The average Bonchev–Trinajstić information content (AvgIpc) is 2.89. The highest BCUT2D eigenvalue weighted by atomic mass is 16.5. The Hall–Kier alpha value is -1.77. The first-order valence-corrected chi connectivity index (χ1v) is 5.91. The van der Waals surface area contributed by atoms with Gasteiger partial charge in [-0.05, 0) is 17.2 Å². The third-order valence-corrected chi connectivity index (χ3v) is 3.43. The summed E-state index contributed by atoms with van der Waals surface area (Å²) in [7, 11) is 0. The van der Waals surface area contributed by atoms with E-state index in [1.54, 1.807) is 12.5 Å². The van der Waals surface area contributed by atoms with Gasteiger partial charge in [-0.15, -0.1) is 0 Å².